The molecule has 7 heteroatoms. The zero-order valence-electron chi connectivity index (χ0n) is 17.8. The van der Waals surface area contributed by atoms with E-state index in [1.54, 1.807) is 67.8 Å². The van der Waals surface area contributed by atoms with E-state index in [4.69, 9.17) is 21.1 Å². The molecule has 1 aliphatic heterocycles. The first-order valence-corrected chi connectivity index (χ1v) is 10.3. The van der Waals surface area contributed by atoms with Gasteiger partial charge >= 0.3 is 0 Å². The molecule has 32 heavy (non-hydrogen) atoms. The predicted molar refractivity (Wildman–Crippen MR) is 125 cm³/mol. The molecule has 0 bridgehead atoms. The van der Waals surface area contributed by atoms with Crippen molar-refractivity contribution in [3.05, 3.63) is 88.6 Å². The highest BCUT2D eigenvalue weighted by Crippen LogP contribution is 2.38. The van der Waals surface area contributed by atoms with Crippen LogP contribution >= 0.6 is 11.6 Å². The van der Waals surface area contributed by atoms with Gasteiger partial charge in [0.05, 0.1) is 25.5 Å². The van der Waals surface area contributed by atoms with Gasteiger partial charge in [-0.05, 0) is 61.0 Å². The molecule has 0 aromatic heterocycles. The van der Waals surface area contributed by atoms with Crippen molar-refractivity contribution in [2.75, 3.05) is 24.4 Å². The average molecular weight is 449 g/mol. The summed E-state index contributed by atoms with van der Waals surface area (Å²) in [6.07, 6.45) is 0. The molecule has 0 saturated carbocycles. The van der Waals surface area contributed by atoms with Crippen LogP contribution in [0.2, 0.25) is 5.02 Å². The molecule has 0 aliphatic carbocycles. The maximum absolute atomic E-state index is 13.6. The molecule has 0 atom stereocenters. The number of carbonyl (C=O) groups excluding carboxylic acids is 2. The minimum absolute atomic E-state index is 0.167. The minimum Gasteiger partial charge on any atom is -0.497 e. The van der Waals surface area contributed by atoms with E-state index in [9.17, 15) is 9.59 Å². The first-order chi connectivity index (χ1) is 15.4. The van der Waals surface area contributed by atoms with Crippen LogP contribution in [-0.4, -0.2) is 26.0 Å². The third-order valence-corrected chi connectivity index (χ3v) is 5.47. The fraction of sp³-hybridized carbons (Fsp3) is 0.120. The van der Waals surface area contributed by atoms with Gasteiger partial charge in [-0.1, -0.05) is 29.8 Å². The van der Waals surface area contributed by atoms with Crippen molar-refractivity contribution in [3.63, 3.8) is 0 Å². The highest BCUT2D eigenvalue weighted by molar-refractivity contribution is 6.46. The molecule has 0 fully saturated rings. The Balaban J connectivity index is 1.85. The Hall–Kier alpha value is -3.77. The third-order valence-electron chi connectivity index (χ3n) is 5.24. The molecule has 1 aliphatic rings. The molecule has 3 aromatic carbocycles. The fourth-order valence-corrected chi connectivity index (χ4v) is 3.84. The number of anilines is 2. The van der Waals surface area contributed by atoms with E-state index in [2.05, 4.69) is 5.32 Å². The molecule has 4 rings (SSSR count). The van der Waals surface area contributed by atoms with E-state index >= 15 is 0 Å². The van der Waals surface area contributed by atoms with Crippen molar-refractivity contribution in [2.24, 2.45) is 0 Å². The van der Waals surface area contributed by atoms with Gasteiger partial charge in [0, 0.05) is 16.3 Å². The van der Waals surface area contributed by atoms with Crippen molar-refractivity contribution < 1.29 is 19.1 Å². The molecule has 162 valence electrons. The highest BCUT2D eigenvalue weighted by atomic mass is 35.5. The van der Waals surface area contributed by atoms with Gasteiger partial charge in [-0.15, -0.1) is 0 Å². The lowest BCUT2D eigenvalue weighted by atomic mass is 10.0. The molecule has 0 radical (unpaired) electrons. The van der Waals surface area contributed by atoms with E-state index in [-0.39, 0.29) is 11.3 Å². The molecule has 2 amide bonds. The quantitative estimate of drug-likeness (QED) is 0.534. The van der Waals surface area contributed by atoms with Crippen LogP contribution in [0.3, 0.4) is 0 Å². The van der Waals surface area contributed by atoms with E-state index < -0.39 is 11.8 Å². The lowest BCUT2D eigenvalue weighted by Gasteiger charge is -2.16. The Morgan fingerprint density at radius 3 is 2.25 bits per heavy atom. The molecular formula is C25H21ClN2O4. The van der Waals surface area contributed by atoms with Gasteiger partial charge in [-0.2, -0.15) is 0 Å². The third kappa shape index (κ3) is 3.81. The summed E-state index contributed by atoms with van der Waals surface area (Å²) in [6, 6.07) is 19.1. The topological polar surface area (TPSA) is 67.9 Å². The monoisotopic (exact) mass is 448 g/mol. The molecule has 6 nitrogen and oxygen atoms in total. The van der Waals surface area contributed by atoms with Crippen LogP contribution < -0.4 is 19.7 Å². The first kappa shape index (κ1) is 21.5. The minimum atomic E-state index is -0.463. The van der Waals surface area contributed by atoms with Crippen LogP contribution in [0.5, 0.6) is 11.5 Å². The Kier molecular flexibility index (Phi) is 5.88. The summed E-state index contributed by atoms with van der Waals surface area (Å²) in [6.45, 7) is 1.88. The number of carbonyl (C=O) groups is 2. The lowest BCUT2D eigenvalue weighted by molar-refractivity contribution is -0.120. The summed E-state index contributed by atoms with van der Waals surface area (Å²) in [5.41, 5.74) is 2.89. The van der Waals surface area contributed by atoms with Crippen LogP contribution in [0, 0.1) is 6.92 Å². The van der Waals surface area contributed by atoms with Gasteiger partial charge in [-0.25, -0.2) is 4.90 Å². The lowest BCUT2D eigenvalue weighted by Crippen LogP contribution is -2.32. The molecular weight excluding hydrogens is 428 g/mol. The Morgan fingerprint density at radius 2 is 1.59 bits per heavy atom. The number of hydrogen-bond donors (Lipinski definition) is 1. The van der Waals surface area contributed by atoms with Crippen molar-refractivity contribution in [3.8, 4) is 11.5 Å². The van der Waals surface area contributed by atoms with E-state index in [0.29, 0.717) is 33.5 Å². The summed E-state index contributed by atoms with van der Waals surface area (Å²) >= 11 is 6.08. The van der Waals surface area contributed by atoms with Gasteiger partial charge in [0.25, 0.3) is 11.8 Å². The van der Waals surface area contributed by atoms with Gasteiger partial charge in [0.2, 0.25) is 0 Å². The molecule has 0 spiro atoms. The largest absolute Gasteiger partial charge is 0.497 e. The second kappa shape index (κ2) is 8.77. The maximum Gasteiger partial charge on any atom is 0.282 e. The maximum atomic E-state index is 13.6. The average Bonchev–Trinajstić information content (AvgIpc) is 3.04. The van der Waals surface area contributed by atoms with Crippen molar-refractivity contribution in [1.29, 1.82) is 0 Å². The smallest absolute Gasteiger partial charge is 0.282 e. The Morgan fingerprint density at radius 1 is 0.875 bits per heavy atom. The second-order valence-corrected chi connectivity index (χ2v) is 7.61. The number of nitrogens with zero attached hydrogens (tertiary/aromatic N) is 1. The van der Waals surface area contributed by atoms with E-state index in [1.807, 2.05) is 13.0 Å². The number of methoxy groups -OCH3 is 2. The number of aryl methyl sites for hydroxylation is 1. The fourth-order valence-electron chi connectivity index (χ4n) is 3.61. The van der Waals surface area contributed by atoms with Crippen molar-refractivity contribution >= 4 is 40.4 Å². The van der Waals surface area contributed by atoms with E-state index in [0.717, 1.165) is 10.5 Å². The SMILES string of the molecule is COc1ccc(N2C(=O)C(Nc3ccc(Cl)cc3C)=C(c3ccccc3OC)C2=O)cc1. The first-order valence-electron chi connectivity index (χ1n) is 9.88. The Labute approximate surface area is 191 Å². The second-order valence-electron chi connectivity index (χ2n) is 7.18. The number of amides is 2. The van der Waals surface area contributed by atoms with Crippen LogP contribution in [0.25, 0.3) is 5.57 Å². The number of benzene rings is 3. The number of ether oxygens (including phenoxy) is 2. The number of hydrogen-bond acceptors (Lipinski definition) is 5. The zero-order valence-corrected chi connectivity index (χ0v) is 18.6. The summed E-state index contributed by atoms with van der Waals surface area (Å²) in [5.74, 6) is 0.211. The highest BCUT2D eigenvalue weighted by Gasteiger charge is 2.41. The molecule has 0 saturated heterocycles. The van der Waals surface area contributed by atoms with Gasteiger partial charge in [-0.3, -0.25) is 9.59 Å². The molecule has 3 aromatic rings. The Bertz CT molecular complexity index is 1230. The summed E-state index contributed by atoms with van der Waals surface area (Å²) in [5, 5.41) is 3.75. The van der Waals surface area contributed by atoms with Crippen LogP contribution in [0.15, 0.2) is 72.4 Å². The zero-order chi connectivity index (χ0) is 22.8. The standard InChI is InChI=1S/C25H21ClN2O4/c1-15-14-16(26)8-13-20(15)27-23-22(19-6-4-5-7-21(19)32-3)24(29)28(25(23)30)17-9-11-18(31-2)12-10-17/h4-14,27H,1-3H3. The van der Waals surface area contributed by atoms with Crippen molar-refractivity contribution in [2.45, 2.75) is 6.92 Å². The van der Waals surface area contributed by atoms with Crippen LogP contribution in [0.1, 0.15) is 11.1 Å². The van der Waals surface area contributed by atoms with Crippen LogP contribution in [-0.2, 0) is 9.59 Å². The van der Waals surface area contributed by atoms with Crippen molar-refractivity contribution in [1.82, 2.24) is 0 Å². The summed E-state index contributed by atoms with van der Waals surface area (Å²) in [4.78, 5) is 28.2. The number of para-hydroxylation sites is 1. The number of rotatable bonds is 6. The molecule has 1 N–H and O–H groups in total. The van der Waals surface area contributed by atoms with Gasteiger partial charge < -0.3 is 14.8 Å². The summed E-state index contributed by atoms with van der Waals surface area (Å²) in [7, 11) is 3.08. The van der Waals surface area contributed by atoms with Gasteiger partial charge in [0.1, 0.15) is 17.2 Å². The summed E-state index contributed by atoms with van der Waals surface area (Å²) < 4.78 is 10.7. The van der Waals surface area contributed by atoms with Crippen LogP contribution in [0.4, 0.5) is 11.4 Å². The number of imide groups is 1. The van der Waals surface area contributed by atoms with Gasteiger partial charge in [0.15, 0.2) is 0 Å². The number of nitrogens with one attached hydrogen (secondary N) is 1. The predicted octanol–water partition coefficient (Wildman–Crippen LogP) is 5.06. The molecule has 0 unspecified atom stereocenters. The number of halogens is 1. The molecule has 1 heterocycles. The van der Waals surface area contributed by atoms with E-state index in [1.165, 1.54) is 7.11 Å². The normalized spacial score (nSPS) is 13.6.